The smallest absolute Gasteiger partial charge is 0.257 e. The Balaban J connectivity index is 1.98. The highest BCUT2D eigenvalue weighted by Crippen LogP contribution is 2.35. The number of phenols is 1. The first kappa shape index (κ1) is 21.1. The molecule has 0 aliphatic carbocycles. The third kappa shape index (κ3) is 3.77. The minimum atomic E-state index is -0.735. The van der Waals surface area contributed by atoms with Gasteiger partial charge in [0.2, 0.25) is 0 Å². The number of thiophene rings is 1. The van der Waals surface area contributed by atoms with Crippen LogP contribution in [0.3, 0.4) is 0 Å². The zero-order valence-corrected chi connectivity index (χ0v) is 17.5. The molecule has 0 fully saturated rings. The molecule has 30 heavy (non-hydrogen) atoms. The number of amides is 1. The van der Waals surface area contributed by atoms with E-state index in [0.717, 1.165) is 4.88 Å². The van der Waals surface area contributed by atoms with Crippen molar-refractivity contribution in [2.45, 2.75) is 19.4 Å². The molecule has 3 aromatic rings. The Morgan fingerprint density at radius 1 is 1.27 bits per heavy atom. The van der Waals surface area contributed by atoms with E-state index < -0.39 is 22.5 Å². The van der Waals surface area contributed by atoms with Gasteiger partial charge in [-0.05, 0) is 30.0 Å². The molecule has 0 bridgehead atoms. The van der Waals surface area contributed by atoms with E-state index in [9.17, 15) is 24.8 Å². The van der Waals surface area contributed by atoms with Crippen LogP contribution in [0.4, 0.5) is 17.1 Å². The van der Waals surface area contributed by atoms with Crippen molar-refractivity contribution in [1.82, 2.24) is 4.90 Å². The molecule has 1 atom stereocenters. The molecule has 3 rings (SSSR count). The molecular formula is C21H20N4O4S. The summed E-state index contributed by atoms with van der Waals surface area (Å²) in [4.78, 5) is 39.0. The quantitative estimate of drug-likeness (QED) is 0.394. The van der Waals surface area contributed by atoms with Crippen LogP contribution in [0.5, 0.6) is 5.75 Å². The van der Waals surface area contributed by atoms with Gasteiger partial charge in [-0.25, -0.2) is 0 Å². The van der Waals surface area contributed by atoms with Gasteiger partial charge >= 0.3 is 0 Å². The van der Waals surface area contributed by atoms with Crippen molar-refractivity contribution in [3.8, 4) is 11.8 Å². The van der Waals surface area contributed by atoms with Gasteiger partial charge in [-0.1, -0.05) is 13.0 Å². The molecule has 2 aromatic carbocycles. The Kier molecular flexibility index (Phi) is 5.89. The average Bonchev–Trinajstić information content (AvgIpc) is 3.28. The number of carbonyl (C=O) groups excluding carboxylic acids is 1. The lowest BCUT2D eigenvalue weighted by atomic mass is 10.1. The van der Waals surface area contributed by atoms with Crippen molar-refractivity contribution < 1.29 is 9.90 Å². The summed E-state index contributed by atoms with van der Waals surface area (Å²) < 4.78 is 0. The molecule has 0 saturated carbocycles. The van der Waals surface area contributed by atoms with Gasteiger partial charge in [0.25, 0.3) is 16.8 Å². The molecule has 8 nitrogen and oxygen atoms in total. The Bertz CT molecular complexity index is 1200. The lowest BCUT2D eigenvalue weighted by Crippen LogP contribution is -2.37. The summed E-state index contributed by atoms with van der Waals surface area (Å²) in [6, 6.07) is 8.20. The van der Waals surface area contributed by atoms with Gasteiger partial charge in [0.05, 0.1) is 28.9 Å². The van der Waals surface area contributed by atoms with E-state index in [4.69, 9.17) is 0 Å². The fourth-order valence-electron chi connectivity index (χ4n) is 3.02. The molecule has 9 heteroatoms. The molecule has 0 aliphatic heterocycles. The lowest BCUT2D eigenvalue weighted by molar-refractivity contribution is 0.0824. The van der Waals surface area contributed by atoms with Crippen LogP contribution in [0.25, 0.3) is 0 Å². The number of aromatic hydroxyl groups is 1. The highest BCUT2D eigenvalue weighted by atomic mass is 32.1. The second-order valence-corrected chi connectivity index (χ2v) is 7.86. The van der Waals surface area contributed by atoms with E-state index >= 15 is 0 Å². The summed E-state index contributed by atoms with van der Waals surface area (Å²) in [6.45, 7) is 1.96. The summed E-state index contributed by atoms with van der Waals surface area (Å²) in [5.41, 5.74) is -1.25. The van der Waals surface area contributed by atoms with E-state index in [1.165, 1.54) is 42.5 Å². The van der Waals surface area contributed by atoms with Crippen molar-refractivity contribution in [3.05, 3.63) is 66.1 Å². The van der Waals surface area contributed by atoms with Crippen molar-refractivity contribution in [1.29, 1.82) is 5.26 Å². The van der Waals surface area contributed by atoms with Crippen LogP contribution in [0.15, 0.2) is 39.2 Å². The highest BCUT2D eigenvalue weighted by Gasteiger charge is 2.26. The lowest BCUT2D eigenvalue weighted by Gasteiger charge is -2.21. The van der Waals surface area contributed by atoms with E-state index in [1.54, 1.807) is 0 Å². The summed E-state index contributed by atoms with van der Waals surface area (Å²) in [6.07, 6.45) is 0.690. The molecule has 1 heterocycles. The first-order valence-corrected chi connectivity index (χ1v) is 10.0. The van der Waals surface area contributed by atoms with Gasteiger partial charge in [-0.2, -0.15) is 5.26 Å². The molecule has 0 radical (unpaired) electrons. The van der Waals surface area contributed by atoms with E-state index in [1.807, 2.05) is 30.5 Å². The standard InChI is InChI=1S/C21H20N4O4S/c1-4-13(15-6-5-7-30-15)23-16-17(20(28)19(16)27)24-14-9-11(10-22)8-12(18(14)26)21(29)25(2)3/h5-9,13,23-24,26H,4H2,1-3H3/t13-/m1/s1. The van der Waals surface area contributed by atoms with Gasteiger partial charge < -0.3 is 20.6 Å². The number of phenolic OH excluding ortho intramolecular Hbond substituents is 1. The van der Waals surface area contributed by atoms with Crippen LogP contribution < -0.4 is 21.5 Å². The number of rotatable bonds is 7. The number of nitrogens with zero attached hydrogens (tertiary/aromatic N) is 2. The fraction of sp³-hybridized carbons (Fsp3) is 0.238. The van der Waals surface area contributed by atoms with Crippen molar-refractivity contribution in [2.75, 3.05) is 24.7 Å². The summed E-state index contributed by atoms with van der Waals surface area (Å²) in [5.74, 6) is -0.906. The number of benzene rings is 1. The SMILES string of the molecule is CC[C@@H](Nc1c(Nc2cc(C#N)cc(C(=O)N(C)C)c2O)c(=O)c1=O)c1cccs1. The van der Waals surface area contributed by atoms with Gasteiger partial charge in [-0.15, -0.1) is 11.3 Å². The first-order valence-electron chi connectivity index (χ1n) is 9.17. The van der Waals surface area contributed by atoms with E-state index in [0.29, 0.717) is 6.42 Å². The predicted molar refractivity (Wildman–Crippen MR) is 116 cm³/mol. The Morgan fingerprint density at radius 2 is 1.97 bits per heavy atom. The van der Waals surface area contributed by atoms with Crippen molar-refractivity contribution in [3.63, 3.8) is 0 Å². The largest absolute Gasteiger partial charge is 0.505 e. The molecular weight excluding hydrogens is 404 g/mol. The molecule has 0 saturated heterocycles. The molecule has 0 spiro atoms. The van der Waals surface area contributed by atoms with Crippen LogP contribution >= 0.6 is 11.3 Å². The third-order valence-electron chi connectivity index (χ3n) is 4.66. The van der Waals surface area contributed by atoms with Crippen LogP contribution in [0, 0.1) is 11.3 Å². The maximum Gasteiger partial charge on any atom is 0.257 e. The van der Waals surface area contributed by atoms with Crippen molar-refractivity contribution >= 4 is 34.3 Å². The zero-order chi connectivity index (χ0) is 22.0. The molecule has 1 aromatic heterocycles. The molecule has 3 N–H and O–H groups in total. The van der Waals surface area contributed by atoms with Gasteiger partial charge in [0, 0.05) is 19.0 Å². The minimum absolute atomic E-state index is 0.00132. The van der Waals surface area contributed by atoms with Crippen LogP contribution in [0.2, 0.25) is 0 Å². The number of anilines is 3. The Morgan fingerprint density at radius 3 is 2.53 bits per heavy atom. The van der Waals surface area contributed by atoms with Crippen LogP contribution in [0.1, 0.15) is 40.2 Å². The molecule has 0 aliphatic rings. The average molecular weight is 424 g/mol. The van der Waals surface area contributed by atoms with Gasteiger partial charge in [0.15, 0.2) is 5.75 Å². The Hall–Kier alpha value is -3.64. The number of hydrogen-bond acceptors (Lipinski definition) is 8. The topological polar surface area (TPSA) is 123 Å². The molecule has 0 unspecified atom stereocenters. The third-order valence-corrected chi connectivity index (χ3v) is 5.65. The van der Waals surface area contributed by atoms with Gasteiger partial charge in [-0.3, -0.25) is 14.4 Å². The fourth-order valence-corrected chi connectivity index (χ4v) is 3.88. The molecule has 154 valence electrons. The maximum atomic E-state index is 12.3. The summed E-state index contributed by atoms with van der Waals surface area (Å²) in [5, 5.41) is 27.6. The Labute approximate surface area is 176 Å². The predicted octanol–water partition coefficient (Wildman–Crippen LogP) is 2.93. The van der Waals surface area contributed by atoms with Crippen molar-refractivity contribution in [2.24, 2.45) is 0 Å². The first-order chi connectivity index (χ1) is 14.3. The maximum absolute atomic E-state index is 12.3. The zero-order valence-electron chi connectivity index (χ0n) is 16.6. The van der Waals surface area contributed by atoms with E-state index in [-0.39, 0.29) is 34.2 Å². The van der Waals surface area contributed by atoms with Crippen LogP contribution in [-0.4, -0.2) is 30.0 Å². The normalized spacial score (nSPS) is 11.7. The van der Waals surface area contributed by atoms with Gasteiger partial charge in [0.1, 0.15) is 11.4 Å². The second kappa shape index (κ2) is 8.39. The highest BCUT2D eigenvalue weighted by molar-refractivity contribution is 7.10. The molecule has 1 amide bonds. The second-order valence-electron chi connectivity index (χ2n) is 6.89. The van der Waals surface area contributed by atoms with E-state index in [2.05, 4.69) is 10.6 Å². The number of nitrogens with one attached hydrogen (secondary N) is 2. The van der Waals surface area contributed by atoms with Crippen LogP contribution in [-0.2, 0) is 0 Å². The number of nitriles is 1. The number of hydrogen-bond donors (Lipinski definition) is 3. The summed E-state index contributed by atoms with van der Waals surface area (Å²) >= 11 is 1.53. The monoisotopic (exact) mass is 424 g/mol. The summed E-state index contributed by atoms with van der Waals surface area (Å²) in [7, 11) is 3.03. The minimum Gasteiger partial charge on any atom is -0.505 e. The number of carbonyl (C=O) groups is 1.